The van der Waals surface area contributed by atoms with E-state index in [1.807, 2.05) is 0 Å². The third-order valence-electron chi connectivity index (χ3n) is 8.74. The van der Waals surface area contributed by atoms with Gasteiger partial charge in [-0.3, -0.25) is 4.21 Å². The number of nitrogen functional groups attached to an aromatic ring is 1. The Morgan fingerprint density at radius 1 is 0.565 bits per heavy atom. The quantitative estimate of drug-likeness (QED) is 0.0400. The summed E-state index contributed by atoms with van der Waals surface area (Å²) in [5.41, 5.74) is 7.13. The van der Waals surface area contributed by atoms with E-state index in [4.69, 9.17) is 5.73 Å². The molecule has 0 aliphatic rings. The summed E-state index contributed by atoms with van der Waals surface area (Å²) in [6.07, 6.45) is 0. The zero-order chi connectivity index (χ0) is 41.9. The molecule has 304 valence electrons. The van der Waals surface area contributed by atoms with Gasteiger partial charge in [0.1, 0.15) is 41.7 Å². The van der Waals surface area contributed by atoms with E-state index in [0.717, 1.165) is 36.4 Å². The van der Waals surface area contributed by atoms with Gasteiger partial charge in [0, 0.05) is 21.4 Å². The van der Waals surface area contributed by atoms with Gasteiger partial charge >= 0.3 is 118 Å². The molecule has 0 bridgehead atoms. The van der Waals surface area contributed by atoms with Crippen LogP contribution in [0.3, 0.4) is 0 Å². The molecule has 27 heteroatoms. The van der Waals surface area contributed by atoms with Crippen LogP contribution in [0, 0.1) is 20.8 Å². The molecule has 0 aliphatic carbocycles. The molecule has 0 amide bonds. The molecule has 1 unspecified atom stereocenters. The van der Waals surface area contributed by atoms with Crippen LogP contribution in [0.5, 0.6) is 11.5 Å². The van der Waals surface area contributed by atoms with Crippen LogP contribution in [0.1, 0.15) is 16.7 Å². The molecule has 62 heavy (non-hydrogen) atoms. The molecule has 0 saturated carbocycles. The van der Waals surface area contributed by atoms with Gasteiger partial charge in [-0.05, 0) is 131 Å². The number of phenolic OH excluding ortho intramolecular Hbond substituents is 2. The standard InChI is InChI=1S/C35H29N5O13S4.4Na.H2O/c1-16-8-19(4-6-26(16)37-39-32-29(57(51,52)53)14-22-12-24(55(45,46)47)10-18(3)30(22)34(32)41)20-5-7-27(17(2)9-20)38-40-33-28(56(48,49)50)13-21-11-23(54(43)44)15-25(36)31(21)35(33)42;;;;;/h4-15,41-42H,36H2,1-3H3,(H,43,44)(H,45,46,47)(H,48,49,50)(H,51,52,53);;;;;1H2/q;4*+1;/p-5. The minimum atomic E-state index is -5.30. The number of aryl methyl sites for hydroxylation is 3. The van der Waals surface area contributed by atoms with Crippen LogP contribution in [0.2, 0.25) is 0 Å². The minimum Gasteiger partial charge on any atom is -0.870 e. The number of azo groups is 2. The summed E-state index contributed by atoms with van der Waals surface area (Å²) in [6, 6.07) is 15.2. The van der Waals surface area contributed by atoms with Crippen molar-refractivity contribution in [2.75, 3.05) is 5.73 Å². The van der Waals surface area contributed by atoms with Crippen molar-refractivity contribution < 1.29 is 182 Å². The average Bonchev–Trinajstić information content (AvgIpc) is 3.09. The van der Waals surface area contributed by atoms with Crippen LogP contribution < -0.4 is 124 Å². The number of phenols is 2. The van der Waals surface area contributed by atoms with Gasteiger partial charge in [0.25, 0.3) is 0 Å². The van der Waals surface area contributed by atoms with Crippen molar-refractivity contribution in [3.8, 4) is 22.6 Å². The Morgan fingerprint density at radius 3 is 1.37 bits per heavy atom. The number of hydrogen-bond acceptors (Lipinski definition) is 19. The summed E-state index contributed by atoms with van der Waals surface area (Å²) in [4.78, 5) is -2.97. The third-order valence-corrected chi connectivity index (χ3v) is 11.9. The molecule has 0 aromatic heterocycles. The number of nitrogens with zero attached hydrogens (tertiary/aromatic N) is 4. The van der Waals surface area contributed by atoms with Gasteiger partial charge in [-0.2, -0.15) is 10.2 Å². The summed E-state index contributed by atoms with van der Waals surface area (Å²) < 4.78 is 131. The number of nitrogens with two attached hydrogens (primary N) is 1. The van der Waals surface area contributed by atoms with E-state index < -0.39 is 79.0 Å². The Bertz CT molecular complexity index is 3180. The fourth-order valence-electron chi connectivity index (χ4n) is 6.07. The van der Waals surface area contributed by atoms with Crippen molar-refractivity contribution in [2.24, 2.45) is 20.5 Å². The molecule has 0 radical (unpaired) electrons. The van der Waals surface area contributed by atoms with Crippen molar-refractivity contribution in [1.29, 1.82) is 0 Å². The van der Waals surface area contributed by atoms with Gasteiger partial charge in [-0.15, -0.1) is 10.2 Å². The first-order chi connectivity index (χ1) is 26.4. The Kier molecular flexibility index (Phi) is 20.8. The number of fused-ring (bicyclic) bond motifs is 2. The maximum Gasteiger partial charge on any atom is 1.00 e. The minimum absolute atomic E-state index is 0. The average molecular weight is 961 g/mol. The van der Waals surface area contributed by atoms with Crippen LogP contribution in [0.15, 0.2) is 113 Å². The summed E-state index contributed by atoms with van der Waals surface area (Å²) in [7, 11) is -15.5. The number of hydrogen-bond donors (Lipinski definition) is 3. The second kappa shape index (κ2) is 22.2. The molecule has 6 aromatic carbocycles. The summed E-state index contributed by atoms with van der Waals surface area (Å²) in [5.74, 6) is -1.59. The molecule has 0 spiro atoms. The van der Waals surface area contributed by atoms with E-state index in [1.54, 1.807) is 38.1 Å². The monoisotopic (exact) mass is 960 g/mol. The van der Waals surface area contributed by atoms with Crippen molar-refractivity contribution in [1.82, 2.24) is 0 Å². The number of aromatic hydroxyl groups is 2. The van der Waals surface area contributed by atoms with Crippen molar-refractivity contribution >= 4 is 91.4 Å². The van der Waals surface area contributed by atoms with E-state index in [2.05, 4.69) is 20.5 Å². The maximum atomic E-state index is 12.2. The predicted octanol–water partition coefficient (Wildman–Crippen LogP) is -5.80. The molecule has 0 heterocycles. The van der Waals surface area contributed by atoms with Gasteiger partial charge in [-0.1, -0.05) is 12.1 Å². The second-order valence-electron chi connectivity index (χ2n) is 12.6. The first kappa shape index (κ1) is 58.3. The molecular formula is C35H26N5Na4O14S4-. The predicted molar refractivity (Wildman–Crippen MR) is 203 cm³/mol. The van der Waals surface area contributed by atoms with Gasteiger partial charge < -0.3 is 39.6 Å². The number of rotatable bonds is 9. The topological polar surface area (TPSA) is 358 Å². The molecule has 1 atom stereocenters. The molecular weight excluding hydrogens is 935 g/mol. The molecule has 0 aliphatic heterocycles. The molecule has 5 N–H and O–H groups in total. The van der Waals surface area contributed by atoms with Crippen molar-refractivity contribution in [3.05, 3.63) is 89.5 Å². The maximum absolute atomic E-state index is 12.2. The summed E-state index contributed by atoms with van der Waals surface area (Å²) in [5, 5.41) is 37.3. The van der Waals surface area contributed by atoms with E-state index in [1.165, 1.54) is 19.1 Å². The molecule has 0 saturated heterocycles. The van der Waals surface area contributed by atoms with Gasteiger partial charge in [0.15, 0.2) is 11.5 Å². The van der Waals surface area contributed by atoms with Crippen LogP contribution in [-0.2, 0) is 41.4 Å². The molecule has 19 nitrogen and oxygen atoms in total. The van der Waals surface area contributed by atoms with E-state index in [9.17, 15) is 57.9 Å². The van der Waals surface area contributed by atoms with E-state index >= 15 is 0 Å². The van der Waals surface area contributed by atoms with Crippen molar-refractivity contribution in [3.63, 3.8) is 0 Å². The second-order valence-corrected chi connectivity index (χ2v) is 17.6. The van der Waals surface area contributed by atoms with Gasteiger partial charge in [-0.25, -0.2) is 25.3 Å². The van der Waals surface area contributed by atoms with Crippen LogP contribution in [0.4, 0.5) is 28.4 Å². The summed E-state index contributed by atoms with van der Waals surface area (Å²) >= 11 is -2.75. The van der Waals surface area contributed by atoms with Crippen LogP contribution >= 0.6 is 0 Å². The van der Waals surface area contributed by atoms with Crippen molar-refractivity contribution in [2.45, 2.75) is 40.4 Å². The van der Waals surface area contributed by atoms with Gasteiger partial charge in [0.05, 0.1) is 26.1 Å². The fourth-order valence-corrected chi connectivity index (χ4v) is 8.40. The van der Waals surface area contributed by atoms with E-state index in [-0.39, 0.29) is 173 Å². The number of benzene rings is 6. The summed E-state index contributed by atoms with van der Waals surface area (Å²) in [6.45, 7) is 4.67. The first-order valence-corrected chi connectivity index (χ1v) is 21.2. The fraction of sp³-hybridized carbons (Fsp3) is 0.0857. The number of anilines is 1. The zero-order valence-corrected chi connectivity index (χ0v) is 45.0. The smallest absolute Gasteiger partial charge is 0.870 e. The van der Waals surface area contributed by atoms with Gasteiger partial charge in [0.2, 0.25) is 0 Å². The molecule has 6 rings (SSSR count). The Labute approximate surface area is 445 Å². The normalized spacial score (nSPS) is 12.2. The largest absolute Gasteiger partial charge is 1.00 e. The Morgan fingerprint density at radius 2 is 0.984 bits per heavy atom. The Hall–Kier alpha value is -1.76. The first-order valence-electron chi connectivity index (χ1n) is 15.9. The zero-order valence-electron chi connectivity index (χ0n) is 33.8. The molecule has 6 aromatic rings. The Balaban J connectivity index is 0.00000384. The van der Waals surface area contributed by atoms with Crippen LogP contribution in [-0.4, -0.2) is 63.4 Å². The van der Waals surface area contributed by atoms with Crippen LogP contribution in [0.25, 0.3) is 32.7 Å². The van der Waals surface area contributed by atoms with E-state index in [0.29, 0.717) is 22.3 Å². The molecule has 0 fully saturated rings. The SMILES string of the molecule is Cc1cc(-c2ccc(N=Nc3c(S(=O)(=O)[O-])cc4cc(S(=O)[O-])cc(N)c4c3O)c(C)c2)ccc1N=Nc1c(S(=O)(=O)[O-])cc2cc(S(=O)(=O)[O-])cc(C)c2c1O.[Na+].[Na+].[Na+].[Na+].[OH-]. The third kappa shape index (κ3) is 12.4.